The fourth-order valence-corrected chi connectivity index (χ4v) is 2.49. The number of nitrogens with zero attached hydrogens (tertiary/aromatic N) is 2. The van der Waals surface area contributed by atoms with Crippen LogP contribution < -0.4 is 5.32 Å². The molecule has 1 aromatic rings. The number of rotatable bonds is 9. The zero-order valence-corrected chi connectivity index (χ0v) is 14.1. The van der Waals surface area contributed by atoms with Crippen LogP contribution in [-0.2, 0) is 16.1 Å². The molecule has 0 bridgehead atoms. The summed E-state index contributed by atoms with van der Waals surface area (Å²) in [5.41, 5.74) is 1.22. The molecule has 0 heterocycles. The maximum atomic E-state index is 12.4. The van der Waals surface area contributed by atoms with Gasteiger partial charge in [-0.2, -0.15) is 0 Å². The van der Waals surface area contributed by atoms with Gasteiger partial charge < -0.3 is 10.2 Å². The van der Waals surface area contributed by atoms with E-state index in [1.54, 1.807) is 7.05 Å². The van der Waals surface area contributed by atoms with Crippen molar-refractivity contribution >= 4 is 11.8 Å². The van der Waals surface area contributed by atoms with Gasteiger partial charge >= 0.3 is 0 Å². The number of hydrogen-bond acceptors (Lipinski definition) is 3. The minimum atomic E-state index is -0.0938. The van der Waals surface area contributed by atoms with Crippen molar-refractivity contribution in [2.24, 2.45) is 0 Å². The van der Waals surface area contributed by atoms with Crippen LogP contribution >= 0.6 is 0 Å². The van der Waals surface area contributed by atoms with E-state index in [0.29, 0.717) is 19.1 Å². The highest BCUT2D eigenvalue weighted by atomic mass is 16.2. The molecule has 126 valence electrons. The lowest BCUT2D eigenvalue weighted by molar-refractivity contribution is -0.135. The largest absolute Gasteiger partial charge is 0.355 e. The molecule has 2 amide bonds. The first-order chi connectivity index (χ1) is 11.1. The summed E-state index contributed by atoms with van der Waals surface area (Å²) in [6.45, 7) is 3.95. The lowest BCUT2D eigenvalue weighted by Gasteiger charge is -2.25. The summed E-state index contributed by atoms with van der Waals surface area (Å²) in [4.78, 5) is 27.9. The van der Waals surface area contributed by atoms with Crippen molar-refractivity contribution in [1.82, 2.24) is 15.1 Å². The van der Waals surface area contributed by atoms with Gasteiger partial charge in [0.1, 0.15) is 0 Å². The molecule has 2 rings (SSSR count). The standard InChI is InChI=1S/C18H27N3O2/c1-3-11-19-17(22)13-20(2)18(23)14-21(16-9-10-16)12-15-7-5-4-6-8-15/h4-8,16H,3,9-14H2,1-2H3,(H,19,22). The Morgan fingerprint density at radius 3 is 2.48 bits per heavy atom. The average molecular weight is 317 g/mol. The van der Waals surface area contributed by atoms with Crippen LogP contribution in [0.1, 0.15) is 31.7 Å². The molecule has 1 saturated carbocycles. The summed E-state index contributed by atoms with van der Waals surface area (Å²) < 4.78 is 0. The number of likely N-dealkylation sites (N-methyl/N-ethyl adjacent to an activating group) is 1. The van der Waals surface area contributed by atoms with E-state index in [1.165, 1.54) is 10.5 Å². The minimum absolute atomic E-state index is 0.000482. The summed E-state index contributed by atoms with van der Waals surface area (Å²) in [7, 11) is 1.70. The highest BCUT2D eigenvalue weighted by molar-refractivity contribution is 5.85. The van der Waals surface area contributed by atoms with Gasteiger partial charge in [0.2, 0.25) is 11.8 Å². The Balaban J connectivity index is 1.84. The van der Waals surface area contributed by atoms with Crippen molar-refractivity contribution in [3.8, 4) is 0 Å². The molecule has 1 N–H and O–H groups in total. The molecule has 1 aliphatic carbocycles. The van der Waals surface area contributed by atoms with E-state index in [9.17, 15) is 9.59 Å². The van der Waals surface area contributed by atoms with Gasteiger partial charge in [-0.1, -0.05) is 37.3 Å². The van der Waals surface area contributed by atoms with E-state index in [2.05, 4.69) is 22.3 Å². The minimum Gasteiger partial charge on any atom is -0.355 e. The molecular formula is C18H27N3O2. The molecule has 0 aliphatic heterocycles. The second-order valence-electron chi connectivity index (χ2n) is 6.22. The van der Waals surface area contributed by atoms with Crippen LogP contribution in [0.2, 0.25) is 0 Å². The molecule has 5 nitrogen and oxygen atoms in total. The first kappa shape index (κ1) is 17.5. The van der Waals surface area contributed by atoms with E-state index in [1.807, 2.05) is 25.1 Å². The van der Waals surface area contributed by atoms with Crippen molar-refractivity contribution in [2.45, 2.75) is 38.8 Å². The summed E-state index contributed by atoms with van der Waals surface area (Å²) in [5.74, 6) is -0.0942. The zero-order valence-electron chi connectivity index (χ0n) is 14.1. The molecule has 1 fully saturated rings. The average Bonchev–Trinajstić information content (AvgIpc) is 3.38. The third-order valence-corrected chi connectivity index (χ3v) is 4.01. The first-order valence-electron chi connectivity index (χ1n) is 8.38. The van der Waals surface area contributed by atoms with Gasteiger partial charge in [0.05, 0.1) is 13.1 Å². The molecular weight excluding hydrogens is 290 g/mol. The number of amides is 2. The molecule has 1 aromatic carbocycles. The van der Waals surface area contributed by atoms with Gasteiger partial charge in [0.25, 0.3) is 0 Å². The normalized spacial score (nSPS) is 13.9. The van der Waals surface area contributed by atoms with Gasteiger partial charge in [0.15, 0.2) is 0 Å². The topological polar surface area (TPSA) is 52.7 Å². The molecule has 5 heteroatoms. The van der Waals surface area contributed by atoms with Crippen LogP contribution in [0.4, 0.5) is 0 Å². The van der Waals surface area contributed by atoms with E-state index < -0.39 is 0 Å². The fraction of sp³-hybridized carbons (Fsp3) is 0.556. The second kappa shape index (κ2) is 8.67. The quantitative estimate of drug-likeness (QED) is 0.753. The predicted molar refractivity (Wildman–Crippen MR) is 90.8 cm³/mol. The van der Waals surface area contributed by atoms with Crippen molar-refractivity contribution in [3.05, 3.63) is 35.9 Å². The number of benzene rings is 1. The third-order valence-electron chi connectivity index (χ3n) is 4.01. The maximum absolute atomic E-state index is 12.4. The van der Waals surface area contributed by atoms with Gasteiger partial charge in [-0.25, -0.2) is 0 Å². The Hall–Kier alpha value is -1.88. The molecule has 23 heavy (non-hydrogen) atoms. The lowest BCUT2D eigenvalue weighted by Crippen LogP contribution is -2.43. The van der Waals surface area contributed by atoms with Gasteiger partial charge in [-0.3, -0.25) is 14.5 Å². The number of carbonyl (C=O) groups is 2. The molecule has 0 unspecified atom stereocenters. The highest BCUT2D eigenvalue weighted by Crippen LogP contribution is 2.28. The fourth-order valence-electron chi connectivity index (χ4n) is 2.49. The summed E-state index contributed by atoms with van der Waals surface area (Å²) in [6, 6.07) is 10.7. The van der Waals surface area contributed by atoms with Gasteiger partial charge in [-0.15, -0.1) is 0 Å². The second-order valence-corrected chi connectivity index (χ2v) is 6.22. The third kappa shape index (κ3) is 6.02. The van der Waals surface area contributed by atoms with Crippen LogP contribution in [0.25, 0.3) is 0 Å². The Kier molecular flexibility index (Phi) is 6.59. The Morgan fingerprint density at radius 1 is 1.17 bits per heavy atom. The monoisotopic (exact) mass is 317 g/mol. The first-order valence-corrected chi connectivity index (χ1v) is 8.38. The molecule has 0 saturated heterocycles. The molecule has 0 aromatic heterocycles. The van der Waals surface area contributed by atoms with Gasteiger partial charge in [0, 0.05) is 26.2 Å². The maximum Gasteiger partial charge on any atom is 0.239 e. The summed E-state index contributed by atoms with van der Waals surface area (Å²) in [5, 5.41) is 2.80. The predicted octanol–water partition coefficient (Wildman–Crippen LogP) is 1.64. The van der Waals surface area contributed by atoms with E-state index >= 15 is 0 Å². The van der Waals surface area contributed by atoms with Crippen molar-refractivity contribution in [2.75, 3.05) is 26.7 Å². The van der Waals surface area contributed by atoms with Crippen molar-refractivity contribution in [3.63, 3.8) is 0 Å². The highest BCUT2D eigenvalue weighted by Gasteiger charge is 2.31. The van der Waals surface area contributed by atoms with Crippen LogP contribution in [-0.4, -0.2) is 54.3 Å². The van der Waals surface area contributed by atoms with Crippen LogP contribution in [0, 0.1) is 0 Å². The van der Waals surface area contributed by atoms with Crippen LogP contribution in [0.3, 0.4) is 0 Å². The molecule has 0 atom stereocenters. The number of carbonyl (C=O) groups excluding carboxylic acids is 2. The van der Waals surface area contributed by atoms with Gasteiger partial charge in [-0.05, 0) is 24.8 Å². The molecule has 0 spiro atoms. The Bertz CT molecular complexity index is 514. The van der Waals surface area contributed by atoms with Crippen molar-refractivity contribution in [1.29, 1.82) is 0 Å². The van der Waals surface area contributed by atoms with E-state index in [0.717, 1.165) is 25.8 Å². The lowest BCUT2D eigenvalue weighted by atomic mass is 10.2. The summed E-state index contributed by atoms with van der Waals surface area (Å²) >= 11 is 0. The van der Waals surface area contributed by atoms with Crippen molar-refractivity contribution < 1.29 is 9.59 Å². The number of hydrogen-bond donors (Lipinski definition) is 1. The Morgan fingerprint density at radius 2 is 1.87 bits per heavy atom. The van der Waals surface area contributed by atoms with E-state index in [-0.39, 0.29) is 18.4 Å². The van der Waals surface area contributed by atoms with E-state index in [4.69, 9.17) is 0 Å². The Labute approximate surface area is 138 Å². The summed E-state index contributed by atoms with van der Waals surface area (Å²) in [6.07, 6.45) is 3.21. The van der Waals surface area contributed by atoms with Crippen LogP contribution in [0.15, 0.2) is 30.3 Å². The van der Waals surface area contributed by atoms with Crippen LogP contribution in [0.5, 0.6) is 0 Å². The SMILES string of the molecule is CCCNC(=O)CN(C)C(=O)CN(Cc1ccccc1)C1CC1. The number of nitrogens with one attached hydrogen (secondary N) is 1. The molecule has 1 aliphatic rings. The molecule has 0 radical (unpaired) electrons. The zero-order chi connectivity index (χ0) is 16.7. The smallest absolute Gasteiger partial charge is 0.239 e.